The summed E-state index contributed by atoms with van der Waals surface area (Å²) in [5, 5.41) is 5.08. The third kappa shape index (κ3) is 4.04. The predicted octanol–water partition coefficient (Wildman–Crippen LogP) is 5.07. The molecule has 2 aromatic heterocycles. The Bertz CT molecular complexity index is 1630. The Labute approximate surface area is 204 Å². The van der Waals surface area contributed by atoms with Crippen LogP contribution in [0.4, 0.5) is 0 Å². The summed E-state index contributed by atoms with van der Waals surface area (Å²) >= 11 is 1.36. The number of aromatic nitrogens is 4. The van der Waals surface area contributed by atoms with Gasteiger partial charge in [-0.3, -0.25) is 9.36 Å². The smallest absolute Gasteiger partial charge is 0.266 e. The van der Waals surface area contributed by atoms with Gasteiger partial charge in [0.15, 0.2) is 16.7 Å². The van der Waals surface area contributed by atoms with Crippen LogP contribution < -0.4 is 15.0 Å². The van der Waals surface area contributed by atoms with Gasteiger partial charge in [0, 0.05) is 11.6 Å². The van der Waals surface area contributed by atoms with Gasteiger partial charge in [0.1, 0.15) is 0 Å². The molecule has 1 aliphatic rings. The number of rotatable bonds is 5. The van der Waals surface area contributed by atoms with Crippen LogP contribution >= 0.6 is 11.8 Å². The first-order chi connectivity index (χ1) is 17.0. The van der Waals surface area contributed by atoms with Gasteiger partial charge in [-0.25, -0.2) is 4.98 Å². The maximum Gasteiger partial charge on any atom is 0.266 e. The average Bonchev–Trinajstić information content (AvgIpc) is 3.51. The summed E-state index contributed by atoms with van der Waals surface area (Å²) in [6, 6.07) is 19.1. The molecule has 0 bridgehead atoms. The number of hydrogen-bond donors (Lipinski definition) is 0. The molecule has 3 heterocycles. The number of hydrogen-bond acceptors (Lipinski definition) is 8. The Kier molecular flexibility index (Phi) is 5.26. The molecule has 0 unspecified atom stereocenters. The van der Waals surface area contributed by atoms with E-state index in [9.17, 15) is 4.79 Å². The third-order valence-electron chi connectivity index (χ3n) is 5.69. The van der Waals surface area contributed by atoms with Crippen molar-refractivity contribution in [3.63, 3.8) is 0 Å². The van der Waals surface area contributed by atoms with Crippen LogP contribution in [0.2, 0.25) is 0 Å². The number of nitrogens with zero attached hydrogens (tertiary/aromatic N) is 4. The number of aryl methyl sites for hydroxylation is 2. The molecule has 0 N–H and O–H groups in total. The van der Waals surface area contributed by atoms with Gasteiger partial charge in [0.2, 0.25) is 18.5 Å². The van der Waals surface area contributed by atoms with Crippen LogP contribution in [-0.4, -0.2) is 26.5 Å². The summed E-state index contributed by atoms with van der Waals surface area (Å²) in [4.78, 5) is 23.0. The van der Waals surface area contributed by atoms with Crippen LogP contribution in [0.3, 0.4) is 0 Å². The summed E-state index contributed by atoms with van der Waals surface area (Å²) in [5.74, 6) is 2.44. The van der Waals surface area contributed by atoms with Crippen molar-refractivity contribution in [1.29, 1.82) is 0 Å². The molecule has 0 spiro atoms. The van der Waals surface area contributed by atoms with Gasteiger partial charge in [-0.1, -0.05) is 58.9 Å². The Morgan fingerprint density at radius 2 is 1.74 bits per heavy atom. The van der Waals surface area contributed by atoms with Crippen LogP contribution in [0, 0.1) is 13.8 Å². The summed E-state index contributed by atoms with van der Waals surface area (Å²) in [5.41, 5.74) is 4.16. The minimum Gasteiger partial charge on any atom is -0.454 e. The molecule has 0 radical (unpaired) electrons. The zero-order valence-corrected chi connectivity index (χ0v) is 19.8. The van der Waals surface area contributed by atoms with E-state index in [1.165, 1.54) is 11.8 Å². The zero-order chi connectivity index (χ0) is 23.9. The largest absolute Gasteiger partial charge is 0.454 e. The predicted molar refractivity (Wildman–Crippen MR) is 132 cm³/mol. The maximum absolute atomic E-state index is 13.7. The van der Waals surface area contributed by atoms with Crippen molar-refractivity contribution in [1.82, 2.24) is 19.7 Å². The third-order valence-corrected chi connectivity index (χ3v) is 6.62. The van der Waals surface area contributed by atoms with E-state index >= 15 is 0 Å². The van der Waals surface area contributed by atoms with Gasteiger partial charge in [0.05, 0.1) is 22.3 Å². The second-order valence-electron chi connectivity index (χ2n) is 8.26. The first-order valence-electron chi connectivity index (χ1n) is 11.0. The van der Waals surface area contributed by atoms with Crippen molar-refractivity contribution in [3.8, 4) is 28.6 Å². The van der Waals surface area contributed by atoms with Crippen LogP contribution in [0.1, 0.15) is 17.0 Å². The quantitative estimate of drug-likeness (QED) is 0.252. The molecule has 0 amide bonds. The minimum atomic E-state index is -0.188. The highest BCUT2D eigenvalue weighted by Gasteiger charge is 2.20. The summed E-state index contributed by atoms with van der Waals surface area (Å²) in [7, 11) is 0. The van der Waals surface area contributed by atoms with E-state index in [0.717, 1.165) is 22.4 Å². The SMILES string of the molecule is Cc1ccc(-c2noc(CSc3nc4cc5c(cc4c(=O)n3-c3cccc(C)c3)OCO5)n2)cc1. The average molecular weight is 485 g/mol. The lowest BCUT2D eigenvalue weighted by Gasteiger charge is -2.13. The molecule has 0 fully saturated rings. The lowest BCUT2D eigenvalue weighted by molar-refractivity contribution is 0.174. The fourth-order valence-corrected chi connectivity index (χ4v) is 4.76. The summed E-state index contributed by atoms with van der Waals surface area (Å²) in [6.07, 6.45) is 0. The van der Waals surface area contributed by atoms with Crippen molar-refractivity contribution in [2.45, 2.75) is 24.8 Å². The number of thioether (sulfide) groups is 1. The van der Waals surface area contributed by atoms with E-state index < -0.39 is 0 Å². The monoisotopic (exact) mass is 484 g/mol. The van der Waals surface area contributed by atoms with Crippen LogP contribution in [0.15, 0.2) is 75.1 Å². The highest BCUT2D eigenvalue weighted by atomic mass is 32.2. The van der Waals surface area contributed by atoms with Gasteiger partial charge in [-0.05, 0) is 37.6 Å². The second kappa shape index (κ2) is 8.59. The van der Waals surface area contributed by atoms with Crippen molar-refractivity contribution >= 4 is 22.7 Å². The molecule has 1 aliphatic heterocycles. The molecule has 35 heavy (non-hydrogen) atoms. The van der Waals surface area contributed by atoms with Crippen molar-refractivity contribution in [3.05, 3.63) is 88.0 Å². The first-order valence-corrected chi connectivity index (χ1v) is 12.0. The fourth-order valence-electron chi connectivity index (χ4n) is 3.91. The summed E-state index contributed by atoms with van der Waals surface area (Å²) < 4.78 is 18.1. The Morgan fingerprint density at radius 3 is 2.54 bits per heavy atom. The molecule has 0 aliphatic carbocycles. The van der Waals surface area contributed by atoms with Crippen molar-refractivity contribution in [2.75, 3.05) is 6.79 Å². The zero-order valence-electron chi connectivity index (χ0n) is 19.0. The Morgan fingerprint density at radius 1 is 0.943 bits per heavy atom. The minimum absolute atomic E-state index is 0.125. The highest BCUT2D eigenvalue weighted by molar-refractivity contribution is 7.98. The van der Waals surface area contributed by atoms with Gasteiger partial charge in [-0.15, -0.1) is 0 Å². The van der Waals surface area contributed by atoms with Crippen LogP contribution in [0.25, 0.3) is 28.0 Å². The lowest BCUT2D eigenvalue weighted by Crippen LogP contribution is -2.22. The fraction of sp³-hybridized carbons (Fsp3) is 0.154. The first kappa shape index (κ1) is 21.4. The topological polar surface area (TPSA) is 92.3 Å². The molecule has 0 saturated heterocycles. The molecule has 5 aromatic rings. The molecule has 0 atom stereocenters. The summed E-state index contributed by atoms with van der Waals surface area (Å²) in [6.45, 7) is 4.14. The number of benzene rings is 3. The number of fused-ring (bicyclic) bond motifs is 2. The molecular weight excluding hydrogens is 464 g/mol. The molecule has 0 saturated carbocycles. The lowest BCUT2D eigenvalue weighted by atomic mass is 10.1. The van der Waals surface area contributed by atoms with E-state index in [1.54, 1.807) is 16.7 Å². The van der Waals surface area contributed by atoms with E-state index in [1.807, 2.05) is 62.4 Å². The van der Waals surface area contributed by atoms with Gasteiger partial charge >= 0.3 is 0 Å². The molecule has 3 aromatic carbocycles. The van der Waals surface area contributed by atoms with Crippen molar-refractivity contribution in [2.24, 2.45) is 0 Å². The molecular formula is C26H20N4O4S. The van der Waals surface area contributed by atoms with Gasteiger partial charge in [-0.2, -0.15) is 4.98 Å². The number of ether oxygens (including phenoxy) is 2. The van der Waals surface area contributed by atoms with Crippen molar-refractivity contribution < 1.29 is 14.0 Å². The highest BCUT2D eigenvalue weighted by Crippen LogP contribution is 2.35. The van der Waals surface area contributed by atoms with Crippen LogP contribution in [-0.2, 0) is 5.75 Å². The second-order valence-corrected chi connectivity index (χ2v) is 9.21. The normalized spacial score (nSPS) is 12.4. The molecule has 9 heteroatoms. The van der Waals surface area contributed by atoms with E-state index in [0.29, 0.717) is 45.0 Å². The molecule has 8 nitrogen and oxygen atoms in total. The van der Waals surface area contributed by atoms with E-state index in [4.69, 9.17) is 19.0 Å². The van der Waals surface area contributed by atoms with Gasteiger partial charge in [0.25, 0.3) is 5.56 Å². The molecule has 6 rings (SSSR count). The van der Waals surface area contributed by atoms with E-state index in [2.05, 4.69) is 10.1 Å². The Hall–Kier alpha value is -4.11. The van der Waals surface area contributed by atoms with Crippen LogP contribution in [0.5, 0.6) is 11.5 Å². The molecule has 174 valence electrons. The van der Waals surface area contributed by atoms with Gasteiger partial charge < -0.3 is 14.0 Å². The standard InChI is InChI=1S/C26H20N4O4S/c1-15-6-8-17(9-7-15)24-28-23(34-29-24)13-35-26-27-20-12-22-21(32-14-33-22)11-19(20)25(31)30(26)18-5-3-4-16(2)10-18/h3-12H,13-14H2,1-2H3. The Balaban J connectivity index is 1.40. The maximum atomic E-state index is 13.7. The van der Waals surface area contributed by atoms with E-state index in [-0.39, 0.29) is 12.4 Å².